The van der Waals surface area contributed by atoms with E-state index in [9.17, 15) is 9.90 Å². The SMILES string of the molecule is O=C(N1CC2C3COCC3C2C1)C(O)(c1ccccc1)c1ccccc1. The number of hydrogen-bond donors (Lipinski definition) is 1. The first-order valence-electron chi connectivity index (χ1n) is 9.40. The Kier molecular flexibility index (Phi) is 3.66. The van der Waals surface area contributed by atoms with Crippen LogP contribution in [-0.2, 0) is 15.1 Å². The molecule has 2 aliphatic heterocycles. The van der Waals surface area contributed by atoms with Gasteiger partial charge in [-0.15, -0.1) is 0 Å². The molecule has 4 heteroatoms. The van der Waals surface area contributed by atoms with Crippen LogP contribution in [0.4, 0.5) is 0 Å². The minimum Gasteiger partial charge on any atom is -0.381 e. The van der Waals surface area contributed by atoms with Crippen molar-refractivity contribution in [2.45, 2.75) is 5.60 Å². The standard InChI is InChI=1S/C22H23NO3/c24-21(23-11-17-18(12-23)20-14-26-13-19(17)20)22(25,15-7-3-1-4-8-15)16-9-5-2-6-10-16/h1-10,17-20,25H,11-14H2. The third kappa shape index (κ3) is 2.19. The summed E-state index contributed by atoms with van der Waals surface area (Å²) in [7, 11) is 0. The molecule has 2 aromatic rings. The highest BCUT2D eigenvalue weighted by molar-refractivity contribution is 5.90. The maximum Gasteiger partial charge on any atom is 0.263 e. The lowest BCUT2D eigenvalue weighted by molar-refractivity contribution is -0.147. The number of likely N-dealkylation sites (tertiary alicyclic amines) is 1. The average molecular weight is 349 g/mol. The summed E-state index contributed by atoms with van der Waals surface area (Å²) >= 11 is 0. The number of carbonyl (C=O) groups is 1. The van der Waals surface area contributed by atoms with Crippen LogP contribution >= 0.6 is 0 Å². The zero-order valence-corrected chi connectivity index (χ0v) is 14.6. The van der Waals surface area contributed by atoms with Crippen molar-refractivity contribution in [1.29, 1.82) is 0 Å². The number of carbonyl (C=O) groups excluding carboxylic acids is 1. The summed E-state index contributed by atoms with van der Waals surface area (Å²) in [5.41, 5.74) is -0.393. The van der Waals surface area contributed by atoms with Crippen molar-refractivity contribution in [3.05, 3.63) is 71.8 Å². The summed E-state index contributed by atoms with van der Waals surface area (Å²) in [6.07, 6.45) is 0. The van der Waals surface area contributed by atoms with Gasteiger partial charge in [-0.1, -0.05) is 60.7 Å². The predicted molar refractivity (Wildman–Crippen MR) is 97.2 cm³/mol. The maximum atomic E-state index is 13.6. The Labute approximate surface area is 153 Å². The number of benzene rings is 2. The van der Waals surface area contributed by atoms with E-state index in [2.05, 4.69) is 0 Å². The first-order chi connectivity index (χ1) is 12.7. The lowest BCUT2D eigenvalue weighted by Crippen LogP contribution is -2.47. The molecule has 2 heterocycles. The number of fused-ring (bicyclic) bond motifs is 4. The second-order valence-corrected chi connectivity index (χ2v) is 7.85. The molecular weight excluding hydrogens is 326 g/mol. The third-order valence-corrected chi connectivity index (χ3v) is 6.66. The van der Waals surface area contributed by atoms with Gasteiger partial charge < -0.3 is 14.7 Å². The number of aliphatic hydroxyl groups is 1. The summed E-state index contributed by atoms with van der Waals surface area (Å²) in [6, 6.07) is 18.6. The van der Waals surface area contributed by atoms with E-state index in [4.69, 9.17) is 4.74 Å². The van der Waals surface area contributed by atoms with Crippen LogP contribution in [-0.4, -0.2) is 42.2 Å². The summed E-state index contributed by atoms with van der Waals surface area (Å²) in [5.74, 6) is 2.05. The van der Waals surface area contributed by atoms with Gasteiger partial charge in [0, 0.05) is 13.1 Å². The van der Waals surface area contributed by atoms with Gasteiger partial charge in [-0.05, 0) is 34.8 Å². The summed E-state index contributed by atoms with van der Waals surface area (Å²) in [6.45, 7) is 3.12. The van der Waals surface area contributed by atoms with Crippen LogP contribution in [0, 0.1) is 23.7 Å². The van der Waals surface area contributed by atoms with Crippen LogP contribution in [0.2, 0.25) is 0 Å². The average Bonchev–Trinajstić information content (AvgIpc) is 3.28. The van der Waals surface area contributed by atoms with E-state index in [1.807, 2.05) is 65.6 Å². The van der Waals surface area contributed by atoms with E-state index >= 15 is 0 Å². The second-order valence-electron chi connectivity index (χ2n) is 7.85. The van der Waals surface area contributed by atoms with Gasteiger partial charge in [0.05, 0.1) is 13.2 Å². The summed E-state index contributed by atoms with van der Waals surface area (Å²) < 4.78 is 5.62. The molecule has 1 amide bonds. The van der Waals surface area contributed by atoms with Crippen LogP contribution in [0.5, 0.6) is 0 Å². The van der Waals surface area contributed by atoms with Gasteiger partial charge in [0.2, 0.25) is 0 Å². The van der Waals surface area contributed by atoms with Gasteiger partial charge in [-0.3, -0.25) is 4.79 Å². The van der Waals surface area contributed by atoms with Crippen LogP contribution in [0.3, 0.4) is 0 Å². The zero-order chi connectivity index (χ0) is 17.7. The number of nitrogens with zero attached hydrogens (tertiary/aromatic N) is 1. The number of ether oxygens (including phenoxy) is 1. The van der Waals surface area contributed by atoms with E-state index < -0.39 is 5.60 Å². The molecule has 5 rings (SSSR count). The van der Waals surface area contributed by atoms with Crippen molar-refractivity contribution in [2.24, 2.45) is 23.7 Å². The molecule has 1 saturated carbocycles. The fourth-order valence-corrected chi connectivity index (χ4v) is 5.25. The molecule has 4 unspecified atom stereocenters. The lowest BCUT2D eigenvalue weighted by atomic mass is 9.60. The fraction of sp³-hybridized carbons (Fsp3) is 0.409. The van der Waals surface area contributed by atoms with Crippen molar-refractivity contribution in [3.63, 3.8) is 0 Å². The highest BCUT2D eigenvalue weighted by atomic mass is 16.5. The maximum absolute atomic E-state index is 13.6. The van der Waals surface area contributed by atoms with Crippen LogP contribution in [0.1, 0.15) is 11.1 Å². The molecule has 4 nitrogen and oxygen atoms in total. The van der Waals surface area contributed by atoms with Crippen molar-refractivity contribution in [2.75, 3.05) is 26.3 Å². The minimum absolute atomic E-state index is 0.205. The molecule has 134 valence electrons. The molecule has 26 heavy (non-hydrogen) atoms. The third-order valence-electron chi connectivity index (χ3n) is 6.66. The Balaban J connectivity index is 1.49. The molecule has 0 aromatic heterocycles. The highest BCUT2D eigenvalue weighted by Gasteiger charge is 2.59. The number of hydrogen-bond acceptors (Lipinski definition) is 3. The smallest absolute Gasteiger partial charge is 0.263 e. The van der Waals surface area contributed by atoms with Crippen molar-refractivity contribution in [3.8, 4) is 0 Å². The fourth-order valence-electron chi connectivity index (χ4n) is 5.25. The molecule has 0 spiro atoms. The number of amides is 1. The zero-order valence-electron chi connectivity index (χ0n) is 14.6. The van der Waals surface area contributed by atoms with Gasteiger partial charge in [0.15, 0.2) is 5.60 Å². The molecule has 2 saturated heterocycles. The molecule has 0 bridgehead atoms. The van der Waals surface area contributed by atoms with Gasteiger partial charge in [-0.2, -0.15) is 0 Å². The first kappa shape index (κ1) is 16.0. The van der Waals surface area contributed by atoms with Crippen molar-refractivity contribution >= 4 is 5.91 Å². The Bertz CT molecular complexity index is 749. The Hall–Kier alpha value is -2.17. The topological polar surface area (TPSA) is 49.8 Å². The van der Waals surface area contributed by atoms with Crippen molar-refractivity contribution < 1.29 is 14.6 Å². The van der Waals surface area contributed by atoms with E-state index in [1.54, 1.807) is 0 Å². The Morgan fingerprint density at radius 2 is 1.31 bits per heavy atom. The van der Waals surface area contributed by atoms with Crippen LogP contribution in [0.25, 0.3) is 0 Å². The Morgan fingerprint density at radius 3 is 1.77 bits per heavy atom. The van der Waals surface area contributed by atoms with Gasteiger partial charge in [0.25, 0.3) is 5.91 Å². The largest absolute Gasteiger partial charge is 0.381 e. The molecule has 0 radical (unpaired) electrons. The minimum atomic E-state index is -1.64. The quantitative estimate of drug-likeness (QED) is 0.925. The molecule has 1 aliphatic carbocycles. The predicted octanol–water partition coefficient (Wildman–Crippen LogP) is 2.27. The Morgan fingerprint density at radius 1 is 0.846 bits per heavy atom. The molecule has 4 atom stereocenters. The molecule has 3 aliphatic rings. The van der Waals surface area contributed by atoms with Gasteiger partial charge >= 0.3 is 0 Å². The second kappa shape index (κ2) is 5.93. The normalized spacial score (nSPS) is 29.8. The lowest BCUT2D eigenvalue weighted by Gasteiger charge is -2.42. The van der Waals surface area contributed by atoms with E-state index in [1.165, 1.54) is 0 Å². The molecular formula is C22H23NO3. The highest BCUT2D eigenvalue weighted by Crippen LogP contribution is 2.54. The van der Waals surface area contributed by atoms with E-state index in [0.717, 1.165) is 26.3 Å². The summed E-state index contributed by atoms with van der Waals surface area (Å²) in [5, 5.41) is 11.7. The van der Waals surface area contributed by atoms with E-state index in [0.29, 0.717) is 34.8 Å². The summed E-state index contributed by atoms with van der Waals surface area (Å²) in [4.78, 5) is 15.4. The molecule has 1 N–H and O–H groups in total. The van der Waals surface area contributed by atoms with Crippen LogP contribution < -0.4 is 0 Å². The van der Waals surface area contributed by atoms with Gasteiger partial charge in [0.1, 0.15) is 0 Å². The van der Waals surface area contributed by atoms with Crippen LogP contribution in [0.15, 0.2) is 60.7 Å². The van der Waals surface area contributed by atoms with E-state index in [-0.39, 0.29) is 5.91 Å². The van der Waals surface area contributed by atoms with Crippen molar-refractivity contribution in [1.82, 2.24) is 4.90 Å². The van der Waals surface area contributed by atoms with Gasteiger partial charge in [-0.25, -0.2) is 0 Å². The number of rotatable bonds is 3. The molecule has 3 fully saturated rings. The monoisotopic (exact) mass is 349 g/mol. The first-order valence-corrected chi connectivity index (χ1v) is 9.40. The molecule has 2 aromatic carbocycles.